The van der Waals surface area contributed by atoms with E-state index in [4.69, 9.17) is 4.74 Å². The molecule has 0 aromatic heterocycles. The van der Waals surface area contributed by atoms with E-state index in [1.807, 2.05) is 0 Å². The van der Waals surface area contributed by atoms with Crippen LogP contribution in [0.2, 0.25) is 0 Å². The normalized spacial score (nSPS) is 20.7. The Morgan fingerprint density at radius 3 is 2.62 bits per heavy atom. The maximum Gasteiger partial charge on any atom is 0.123 e. The number of likely N-dealkylation sites (tertiary alicyclic amines) is 1. The predicted octanol–water partition coefficient (Wildman–Crippen LogP) is 2.97. The fraction of sp³-hybridized carbons (Fsp3) is 0.667. The molecule has 2 fully saturated rings. The minimum absolute atomic E-state index is 0.737. The van der Waals surface area contributed by atoms with Gasteiger partial charge in [-0.3, -0.25) is 4.90 Å². The Hall–Kier alpha value is -1.06. The summed E-state index contributed by atoms with van der Waals surface area (Å²) in [5, 5.41) is 3.75. The molecule has 3 nitrogen and oxygen atoms in total. The van der Waals surface area contributed by atoms with Crippen molar-refractivity contribution in [2.24, 2.45) is 5.92 Å². The van der Waals surface area contributed by atoms with E-state index in [2.05, 4.69) is 35.3 Å². The molecule has 0 unspecified atom stereocenters. The van der Waals surface area contributed by atoms with Crippen molar-refractivity contribution >= 4 is 0 Å². The topological polar surface area (TPSA) is 24.5 Å². The van der Waals surface area contributed by atoms with Gasteiger partial charge in [-0.15, -0.1) is 0 Å². The number of aryl methyl sites for hydroxylation is 1. The van der Waals surface area contributed by atoms with Gasteiger partial charge < -0.3 is 10.1 Å². The third-order valence-electron chi connectivity index (χ3n) is 4.81. The van der Waals surface area contributed by atoms with Crippen molar-refractivity contribution in [3.8, 4) is 5.75 Å². The van der Waals surface area contributed by atoms with E-state index in [-0.39, 0.29) is 0 Å². The van der Waals surface area contributed by atoms with Gasteiger partial charge in [-0.25, -0.2) is 0 Å². The van der Waals surface area contributed by atoms with Gasteiger partial charge in [-0.05, 0) is 64.2 Å². The van der Waals surface area contributed by atoms with E-state index >= 15 is 0 Å². The molecule has 3 rings (SSSR count). The average Bonchev–Trinajstić information content (AvgIpc) is 3.31. The number of rotatable bonds is 6. The molecular formula is C18H28N2O. The summed E-state index contributed by atoms with van der Waals surface area (Å²) in [6.45, 7) is 6.80. The molecule has 1 aromatic carbocycles. The number of nitrogens with one attached hydrogen (secondary N) is 1. The lowest BCUT2D eigenvalue weighted by Crippen LogP contribution is -2.42. The molecule has 0 amide bonds. The molecule has 0 radical (unpaired) electrons. The highest BCUT2D eigenvalue weighted by Crippen LogP contribution is 2.28. The quantitative estimate of drug-likeness (QED) is 0.871. The van der Waals surface area contributed by atoms with E-state index in [0.717, 1.165) is 24.3 Å². The van der Waals surface area contributed by atoms with Crippen molar-refractivity contribution in [2.75, 3.05) is 26.7 Å². The summed E-state index contributed by atoms with van der Waals surface area (Å²) in [7, 11) is 1.77. The van der Waals surface area contributed by atoms with Crippen LogP contribution in [0.5, 0.6) is 5.75 Å². The Kier molecular flexibility index (Phi) is 4.81. The van der Waals surface area contributed by atoms with Gasteiger partial charge in [0, 0.05) is 18.2 Å². The molecule has 1 aromatic rings. The molecule has 21 heavy (non-hydrogen) atoms. The number of benzene rings is 1. The molecule has 0 atom stereocenters. The van der Waals surface area contributed by atoms with Crippen LogP contribution in [0, 0.1) is 12.8 Å². The van der Waals surface area contributed by atoms with Gasteiger partial charge in [0.05, 0.1) is 7.11 Å². The molecule has 1 aliphatic heterocycles. The first kappa shape index (κ1) is 14.9. The monoisotopic (exact) mass is 288 g/mol. The summed E-state index contributed by atoms with van der Waals surface area (Å²) in [6, 6.07) is 7.21. The first-order chi connectivity index (χ1) is 10.2. The summed E-state index contributed by atoms with van der Waals surface area (Å²) in [4.78, 5) is 2.56. The lowest BCUT2D eigenvalue weighted by Gasteiger charge is -2.32. The fourth-order valence-corrected chi connectivity index (χ4v) is 3.22. The zero-order valence-corrected chi connectivity index (χ0v) is 13.4. The Labute approximate surface area is 128 Å². The third-order valence-corrected chi connectivity index (χ3v) is 4.81. The van der Waals surface area contributed by atoms with E-state index in [0.29, 0.717) is 0 Å². The molecule has 116 valence electrons. The lowest BCUT2D eigenvalue weighted by atomic mass is 10.0. The lowest BCUT2D eigenvalue weighted by molar-refractivity contribution is 0.188. The zero-order chi connectivity index (χ0) is 14.7. The minimum Gasteiger partial charge on any atom is -0.496 e. The SMILES string of the molecule is COc1ccc(C)cc1CN1CCC(NCC2CC2)CC1. The highest BCUT2D eigenvalue weighted by Gasteiger charge is 2.24. The molecule has 1 N–H and O–H groups in total. The second kappa shape index (κ2) is 6.80. The Bertz CT molecular complexity index is 462. The zero-order valence-electron chi connectivity index (χ0n) is 13.4. The number of hydrogen-bond acceptors (Lipinski definition) is 3. The Morgan fingerprint density at radius 2 is 1.95 bits per heavy atom. The van der Waals surface area contributed by atoms with Gasteiger partial charge in [-0.1, -0.05) is 17.7 Å². The maximum absolute atomic E-state index is 5.50. The van der Waals surface area contributed by atoms with Crippen LogP contribution in [0.3, 0.4) is 0 Å². The molecule has 3 heteroatoms. The van der Waals surface area contributed by atoms with Crippen molar-refractivity contribution in [1.29, 1.82) is 0 Å². The molecule has 2 aliphatic rings. The van der Waals surface area contributed by atoms with E-state index < -0.39 is 0 Å². The highest BCUT2D eigenvalue weighted by molar-refractivity contribution is 5.36. The van der Waals surface area contributed by atoms with Crippen molar-refractivity contribution < 1.29 is 4.74 Å². The maximum atomic E-state index is 5.50. The van der Waals surface area contributed by atoms with Crippen molar-refractivity contribution in [2.45, 2.75) is 45.2 Å². The minimum atomic E-state index is 0.737. The number of piperidine rings is 1. The molecular weight excluding hydrogens is 260 g/mol. The molecule has 0 bridgehead atoms. The summed E-state index contributed by atoms with van der Waals surface area (Å²) in [5.41, 5.74) is 2.63. The Morgan fingerprint density at radius 1 is 1.19 bits per heavy atom. The van der Waals surface area contributed by atoms with Crippen LogP contribution in [0.4, 0.5) is 0 Å². The number of nitrogens with zero attached hydrogens (tertiary/aromatic N) is 1. The average molecular weight is 288 g/mol. The smallest absolute Gasteiger partial charge is 0.123 e. The summed E-state index contributed by atoms with van der Waals surface area (Å²) >= 11 is 0. The summed E-state index contributed by atoms with van der Waals surface area (Å²) in [6.07, 6.45) is 5.44. The van der Waals surface area contributed by atoms with Gasteiger partial charge in [0.15, 0.2) is 0 Å². The second-order valence-electron chi connectivity index (χ2n) is 6.72. The summed E-state index contributed by atoms with van der Waals surface area (Å²) < 4.78 is 5.50. The van der Waals surface area contributed by atoms with Crippen molar-refractivity contribution in [3.63, 3.8) is 0 Å². The van der Waals surface area contributed by atoms with Crippen LogP contribution in [-0.2, 0) is 6.54 Å². The molecule has 0 spiro atoms. The molecule has 1 heterocycles. The van der Waals surface area contributed by atoms with Gasteiger partial charge in [-0.2, -0.15) is 0 Å². The van der Waals surface area contributed by atoms with E-state index in [1.54, 1.807) is 7.11 Å². The number of methoxy groups -OCH3 is 1. The van der Waals surface area contributed by atoms with Crippen LogP contribution in [0.15, 0.2) is 18.2 Å². The second-order valence-corrected chi connectivity index (χ2v) is 6.72. The summed E-state index contributed by atoms with van der Waals surface area (Å²) in [5.74, 6) is 2.01. The fourth-order valence-electron chi connectivity index (χ4n) is 3.22. The molecule has 1 aliphatic carbocycles. The highest BCUT2D eigenvalue weighted by atomic mass is 16.5. The standard InChI is InChI=1S/C18H28N2O/c1-14-3-6-18(21-2)16(11-14)13-20-9-7-17(8-10-20)19-12-15-4-5-15/h3,6,11,15,17,19H,4-5,7-10,12-13H2,1-2H3. The van der Waals surface area contributed by atoms with E-state index in [9.17, 15) is 0 Å². The van der Waals surface area contributed by atoms with Crippen LogP contribution in [-0.4, -0.2) is 37.7 Å². The number of ether oxygens (including phenoxy) is 1. The van der Waals surface area contributed by atoms with Crippen molar-refractivity contribution in [1.82, 2.24) is 10.2 Å². The van der Waals surface area contributed by atoms with Crippen LogP contribution in [0.1, 0.15) is 36.8 Å². The van der Waals surface area contributed by atoms with Gasteiger partial charge in [0.25, 0.3) is 0 Å². The number of hydrogen-bond donors (Lipinski definition) is 1. The van der Waals surface area contributed by atoms with Crippen LogP contribution in [0.25, 0.3) is 0 Å². The van der Waals surface area contributed by atoms with Crippen molar-refractivity contribution in [3.05, 3.63) is 29.3 Å². The predicted molar refractivity (Wildman–Crippen MR) is 86.8 cm³/mol. The van der Waals surface area contributed by atoms with Crippen LogP contribution < -0.4 is 10.1 Å². The first-order valence-corrected chi connectivity index (χ1v) is 8.34. The Balaban J connectivity index is 1.49. The molecule has 1 saturated carbocycles. The van der Waals surface area contributed by atoms with Gasteiger partial charge in [0.1, 0.15) is 5.75 Å². The van der Waals surface area contributed by atoms with Crippen LogP contribution >= 0.6 is 0 Å². The largest absolute Gasteiger partial charge is 0.496 e. The van der Waals surface area contributed by atoms with Gasteiger partial charge in [0.2, 0.25) is 0 Å². The third kappa shape index (κ3) is 4.21. The molecule has 1 saturated heterocycles. The van der Waals surface area contributed by atoms with E-state index in [1.165, 1.54) is 56.4 Å². The van der Waals surface area contributed by atoms with Gasteiger partial charge >= 0.3 is 0 Å². The first-order valence-electron chi connectivity index (χ1n) is 8.34.